The van der Waals surface area contributed by atoms with Gasteiger partial charge in [-0.2, -0.15) is 0 Å². The van der Waals surface area contributed by atoms with E-state index in [-0.39, 0.29) is 17.1 Å². The maximum Gasteiger partial charge on any atom is 0.246 e. The smallest absolute Gasteiger partial charge is 0.246 e. The zero-order chi connectivity index (χ0) is 18.5. The Hall–Kier alpha value is -2.67. The van der Waals surface area contributed by atoms with E-state index < -0.39 is 0 Å². The average Bonchev–Trinajstić information content (AvgIpc) is 2.95. The fourth-order valence-corrected chi connectivity index (χ4v) is 4.32. The van der Waals surface area contributed by atoms with Crippen molar-refractivity contribution in [1.29, 1.82) is 0 Å². The molecule has 1 saturated heterocycles. The first-order valence-corrected chi connectivity index (χ1v) is 8.97. The van der Waals surface area contributed by atoms with Gasteiger partial charge in [-0.15, -0.1) is 10.2 Å². The van der Waals surface area contributed by atoms with Gasteiger partial charge >= 0.3 is 0 Å². The lowest BCUT2D eigenvalue weighted by molar-refractivity contribution is -0.133. The van der Waals surface area contributed by atoms with Crippen LogP contribution in [0.5, 0.6) is 5.75 Å². The Labute approximate surface area is 158 Å². The lowest BCUT2D eigenvalue weighted by Crippen LogP contribution is -2.59. The predicted octanol–water partition coefficient (Wildman–Crippen LogP) is 3.38. The van der Waals surface area contributed by atoms with Crippen LogP contribution in [0.1, 0.15) is 12.6 Å². The Morgan fingerprint density at radius 1 is 1.38 bits per heavy atom. The number of halogens is 1. The van der Waals surface area contributed by atoms with Gasteiger partial charge < -0.3 is 15.0 Å². The van der Waals surface area contributed by atoms with Crippen LogP contribution < -0.4 is 0 Å². The number of nitrogens with zero attached hydrogens (tertiary/aromatic N) is 3. The number of carbonyl (C=O) groups excluding carboxylic acids is 1. The number of hydrogen-bond acceptors (Lipinski definition) is 4. The third kappa shape index (κ3) is 2.50. The van der Waals surface area contributed by atoms with E-state index in [0.29, 0.717) is 30.0 Å². The van der Waals surface area contributed by atoms with Crippen LogP contribution in [0, 0.1) is 0 Å². The van der Waals surface area contributed by atoms with Crippen LogP contribution in [0.4, 0.5) is 0 Å². The number of carbonyl (C=O) groups is 1. The van der Waals surface area contributed by atoms with E-state index in [9.17, 15) is 9.90 Å². The van der Waals surface area contributed by atoms with Gasteiger partial charge in [0.25, 0.3) is 0 Å². The van der Waals surface area contributed by atoms with Crippen molar-refractivity contribution in [1.82, 2.24) is 20.1 Å². The molecule has 1 aromatic carbocycles. The lowest BCUT2D eigenvalue weighted by Gasteiger charge is -2.47. The molecule has 7 heteroatoms. The fraction of sp³-hybridized carbons (Fsp3) is 0.211. The van der Waals surface area contributed by atoms with Gasteiger partial charge in [-0.05, 0) is 40.2 Å². The molecule has 1 aliphatic heterocycles. The molecule has 1 aliphatic rings. The number of amides is 1. The number of fused-ring (bicyclic) bond motifs is 1. The highest BCUT2D eigenvalue weighted by Gasteiger charge is 2.44. The number of phenolic OH excluding ortho intramolecular Hbond substituents is 1. The Morgan fingerprint density at radius 2 is 2.12 bits per heavy atom. The minimum atomic E-state index is -0.187. The van der Waals surface area contributed by atoms with E-state index in [4.69, 9.17) is 0 Å². The molecule has 3 heterocycles. The monoisotopic (exact) mass is 412 g/mol. The van der Waals surface area contributed by atoms with Gasteiger partial charge in [-0.1, -0.05) is 25.6 Å². The van der Waals surface area contributed by atoms with Crippen molar-refractivity contribution in [2.45, 2.75) is 12.3 Å². The highest BCUT2D eigenvalue weighted by Crippen LogP contribution is 2.41. The molecule has 1 amide bonds. The van der Waals surface area contributed by atoms with Gasteiger partial charge in [0.2, 0.25) is 5.91 Å². The van der Waals surface area contributed by atoms with Crippen molar-refractivity contribution in [3.63, 3.8) is 0 Å². The zero-order valence-corrected chi connectivity index (χ0v) is 15.7. The van der Waals surface area contributed by atoms with Crippen LogP contribution >= 0.6 is 15.9 Å². The topological polar surface area (TPSA) is 82.1 Å². The third-order valence-electron chi connectivity index (χ3n) is 4.84. The molecule has 0 aliphatic carbocycles. The van der Waals surface area contributed by atoms with Crippen LogP contribution in [0.3, 0.4) is 0 Å². The van der Waals surface area contributed by atoms with Gasteiger partial charge in [0.15, 0.2) is 5.65 Å². The van der Waals surface area contributed by atoms with Crippen LogP contribution in [0.2, 0.25) is 0 Å². The van der Waals surface area contributed by atoms with Crippen LogP contribution in [0.25, 0.3) is 22.3 Å². The van der Waals surface area contributed by atoms with Gasteiger partial charge in [0.05, 0.1) is 5.69 Å². The summed E-state index contributed by atoms with van der Waals surface area (Å²) in [7, 11) is 0. The van der Waals surface area contributed by atoms with Crippen molar-refractivity contribution < 1.29 is 9.90 Å². The minimum absolute atomic E-state index is 0.0589. The van der Waals surface area contributed by atoms with Crippen LogP contribution in [-0.4, -0.2) is 44.2 Å². The normalized spacial score (nSPS) is 15.7. The summed E-state index contributed by atoms with van der Waals surface area (Å²) >= 11 is 3.68. The number of phenols is 1. The van der Waals surface area contributed by atoms with Gasteiger partial charge in [0, 0.05) is 39.6 Å². The van der Waals surface area contributed by atoms with Crippen molar-refractivity contribution in [3.8, 4) is 17.0 Å². The summed E-state index contributed by atoms with van der Waals surface area (Å²) in [6, 6.07) is 8.94. The molecule has 3 aromatic rings. The number of aromatic hydroxyl groups is 1. The number of H-pyrrole nitrogens is 1. The van der Waals surface area contributed by atoms with Crippen LogP contribution in [-0.2, 0) is 10.2 Å². The molecule has 0 radical (unpaired) electrons. The highest BCUT2D eigenvalue weighted by atomic mass is 79.9. The van der Waals surface area contributed by atoms with E-state index in [1.54, 1.807) is 23.1 Å². The van der Waals surface area contributed by atoms with Gasteiger partial charge in [-0.25, -0.2) is 0 Å². The summed E-state index contributed by atoms with van der Waals surface area (Å²) in [6.45, 7) is 6.87. The second-order valence-corrected chi connectivity index (χ2v) is 7.58. The largest absolute Gasteiger partial charge is 0.507 e. The summed E-state index contributed by atoms with van der Waals surface area (Å²) < 4.78 is 0.910. The molecule has 1 fully saturated rings. The zero-order valence-electron chi connectivity index (χ0n) is 14.2. The minimum Gasteiger partial charge on any atom is -0.507 e. The molecule has 0 bridgehead atoms. The van der Waals surface area contributed by atoms with Crippen LogP contribution in [0.15, 0.2) is 47.5 Å². The van der Waals surface area contributed by atoms with Crippen molar-refractivity contribution in [3.05, 3.63) is 53.2 Å². The number of aromatic amines is 1. The summed E-state index contributed by atoms with van der Waals surface area (Å²) in [4.78, 5) is 16.8. The quantitative estimate of drug-likeness (QED) is 0.645. The Bertz CT molecular complexity index is 1040. The van der Waals surface area contributed by atoms with Gasteiger partial charge in [0.1, 0.15) is 5.75 Å². The molecule has 0 spiro atoms. The second kappa shape index (κ2) is 5.95. The number of nitrogens with one attached hydrogen (secondary N) is 1. The van der Waals surface area contributed by atoms with E-state index >= 15 is 0 Å². The van der Waals surface area contributed by atoms with E-state index in [1.807, 2.05) is 12.1 Å². The summed E-state index contributed by atoms with van der Waals surface area (Å²) in [5.41, 5.74) is 2.70. The number of para-hydroxylation sites is 1. The molecule has 2 N–H and O–H groups in total. The summed E-state index contributed by atoms with van der Waals surface area (Å²) in [5.74, 6) is 0.105. The Morgan fingerprint density at radius 3 is 2.81 bits per heavy atom. The first-order valence-electron chi connectivity index (χ1n) is 8.18. The third-order valence-corrected chi connectivity index (χ3v) is 5.67. The maximum atomic E-state index is 11.7. The molecule has 132 valence electrons. The van der Waals surface area contributed by atoms with Crippen molar-refractivity contribution in [2.24, 2.45) is 0 Å². The molecule has 0 atom stereocenters. The number of benzene rings is 1. The SMILES string of the molecule is C=CC(=O)N1CC(C)(c2[nH]c3nnc(-c4ccccc4O)cc3c2Br)C1. The standard InChI is InChI=1S/C19H17BrN4O2/c1-3-15(26)24-9-19(2,10-24)17-16(20)12-8-13(22-23-18(12)21-17)11-6-4-5-7-14(11)25/h3-8,25H,1,9-10H2,2H3,(H,21,23). The molecule has 6 nitrogen and oxygen atoms in total. The molecule has 0 unspecified atom stereocenters. The van der Waals surface area contributed by atoms with Crippen molar-refractivity contribution >= 4 is 32.9 Å². The molecule has 2 aromatic heterocycles. The average molecular weight is 413 g/mol. The number of rotatable bonds is 3. The molecular weight excluding hydrogens is 396 g/mol. The molecule has 4 rings (SSSR count). The van der Waals surface area contributed by atoms with Crippen molar-refractivity contribution in [2.75, 3.05) is 13.1 Å². The summed E-state index contributed by atoms with van der Waals surface area (Å²) in [5, 5.41) is 19.5. The van der Waals surface area contributed by atoms with E-state index in [0.717, 1.165) is 15.6 Å². The lowest BCUT2D eigenvalue weighted by atomic mass is 9.78. The second-order valence-electron chi connectivity index (χ2n) is 6.78. The molecule has 0 saturated carbocycles. The maximum absolute atomic E-state index is 11.7. The fourth-order valence-electron chi connectivity index (χ4n) is 3.44. The number of aromatic nitrogens is 3. The van der Waals surface area contributed by atoms with E-state index in [2.05, 4.69) is 44.6 Å². The number of likely N-dealkylation sites (tertiary alicyclic amines) is 1. The first-order chi connectivity index (χ1) is 12.4. The van der Waals surface area contributed by atoms with E-state index in [1.165, 1.54) is 6.08 Å². The molecular formula is C19H17BrN4O2. The Kier molecular flexibility index (Phi) is 3.84. The first kappa shape index (κ1) is 16.8. The number of hydrogen-bond donors (Lipinski definition) is 2. The predicted molar refractivity (Wildman–Crippen MR) is 103 cm³/mol. The highest BCUT2D eigenvalue weighted by molar-refractivity contribution is 9.10. The molecule has 26 heavy (non-hydrogen) atoms. The Balaban J connectivity index is 1.73. The van der Waals surface area contributed by atoms with Gasteiger partial charge in [-0.3, -0.25) is 4.79 Å². The summed E-state index contributed by atoms with van der Waals surface area (Å²) in [6.07, 6.45) is 1.34.